The van der Waals surface area contributed by atoms with E-state index in [4.69, 9.17) is 33.7 Å². The molecule has 192 valence electrons. The number of aromatic nitrogens is 3. The number of nitrogens with zero attached hydrogens (tertiary/aromatic N) is 4. The molecule has 1 N–H and O–H groups in total. The highest BCUT2D eigenvalue weighted by Crippen LogP contribution is 2.41. The molecule has 0 atom stereocenters. The molecular formula is C24H29N5O6S. The molecule has 0 bridgehead atoms. The zero-order chi connectivity index (χ0) is 25.7. The predicted molar refractivity (Wildman–Crippen MR) is 136 cm³/mol. The van der Waals surface area contributed by atoms with Crippen molar-refractivity contribution in [1.82, 2.24) is 15.0 Å². The number of carbonyl (C=O) groups excluding carboxylic acids is 1. The van der Waals surface area contributed by atoms with Crippen LogP contribution in [0, 0.1) is 6.92 Å². The average Bonchev–Trinajstić information content (AvgIpc) is 3.27. The molecule has 0 aliphatic carbocycles. The Hall–Kier alpha value is -3.64. The molecule has 0 radical (unpaired) electrons. The van der Waals surface area contributed by atoms with E-state index in [1.54, 1.807) is 35.2 Å². The van der Waals surface area contributed by atoms with Crippen molar-refractivity contribution in [3.63, 3.8) is 0 Å². The molecule has 1 aliphatic heterocycles. The summed E-state index contributed by atoms with van der Waals surface area (Å²) in [5.41, 5.74) is 1.98. The smallest absolute Gasteiger partial charge is 0.350 e. The highest BCUT2D eigenvalue weighted by molar-refractivity contribution is 7.17. The zero-order valence-electron chi connectivity index (χ0n) is 20.9. The second-order valence-electron chi connectivity index (χ2n) is 7.73. The largest absolute Gasteiger partial charge is 0.493 e. The Balaban J connectivity index is 1.76. The Labute approximate surface area is 213 Å². The fourth-order valence-electron chi connectivity index (χ4n) is 3.75. The number of morpholine rings is 1. The first-order valence-corrected chi connectivity index (χ1v) is 12.2. The van der Waals surface area contributed by atoms with Crippen molar-refractivity contribution in [2.75, 3.05) is 64.5 Å². The van der Waals surface area contributed by atoms with E-state index in [-0.39, 0.29) is 0 Å². The maximum absolute atomic E-state index is 12.2. The molecule has 1 saturated heterocycles. The van der Waals surface area contributed by atoms with E-state index in [0.29, 0.717) is 77.5 Å². The summed E-state index contributed by atoms with van der Waals surface area (Å²) in [5, 5.41) is 3.66. The Kier molecular flexibility index (Phi) is 8.06. The van der Waals surface area contributed by atoms with Gasteiger partial charge in [-0.25, -0.2) is 14.8 Å². The molecule has 1 fully saturated rings. The van der Waals surface area contributed by atoms with Gasteiger partial charge in [-0.15, -0.1) is 0 Å². The van der Waals surface area contributed by atoms with Gasteiger partial charge in [-0.3, -0.25) is 5.32 Å². The zero-order valence-corrected chi connectivity index (χ0v) is 21.7. The van der Waals surface area contributed by atoms with Crippen LogP contribution in [0.3, 0.4) is 0 Å². The number of carbonyl (C=O) groups is 1. The number of thiazole rings is 1. The number of nitrogens with one attached hydrogen (secondary N) is 1. The van der Waals surface area contributed by atoms with Gasteiger partial charge in [0.05, 0.1) is 52.5 Å². The molecule has 0 amide bonds. The lowest BCUT2D eigenvalue weighted by Gasteiger charge is -2.28. The van der Waals surface area contributed by atoms with Gasteiger partial charge in [-0.2, -0.15) is 4.98 Å². The minimum absolute atomic E-state index is 0.293. The number of rotatable bonds is 9. The van der Waals surface area contributed by atoms with Crippen LogP contribution in [0.4, 0.5) is 16.9 Å². The van der Waals surface area contributed by atoms with Gasteiger partial charge in [-0.05, 0) is 26.0 Å². The average molecular weight is 516 g/mol. The Morgan fingerprint density at radius 2 is 1.75 bits per heavy atom. The third-order valence-electron chi connectivity index (χ3n) is 5.48. The van der Waals surface area contributed by atoms with Crippen LogP contribution in [0.2, 0.25) is 0 Å². The molecule has 3 heterocycles. The third-order valence-corrected chi connectivity index (χ3v) is 6.54. The summed E-state index contributed by atoms with van der Waals surface area (Å²) in [7, 11) is 4.70. The minimum atomic E-state index is -0.401. The van der Waals surface area contributed by atoms with Crippen molar-refractivity contribution in [2.45, 2.75) is 13.8 Å². The highest BCUT2D eigenvalue weighted by atomic mass is 32.1. The molecule has 11 nitrogen and oxygen atoms in total. The summed E-state index contributed by atoms with van der Waals surface area (Å²) < 4.78 is 27.2. The number of hydrogen-bond acceptors (Lipinski definition) is 12. The van der Waals surface area contributed by atoms with Gasteiger partial charge in [0, 0.05) is 24.7 Å². The molecule has 1 aliphatic rings. The van der Waals surface area contributed by atoms with Crippen molar-refractivity contribution < 1.29 is 28.5 Å². The van der Waals surface area contributed by atoms with Crippen LogP contribution in [0.25, 0.3) is 11.3 Å². The van der Waals surface area contributed by atoms with E-state index in [9.17, 15) is 4.79 Å². The molecular weight excluding hydrogens is 486 g/mol. The minimum Gasteiger partial charge on any atom is -0.493 e. The first-order valence-electron chi connectivity index (χ1n) is 11.4. The normalized spacial score (nSPS) is 13.3. The van der Waals surface area contributed by atoms with Crippen LogP contribution in [0.1, 0.15) is 22.3 Å². The lowest BCUT2D eigenvalue weighted by atomic mass is 10.1. The summed E-state index contributed by atoms with van der Waals surface area (Å²) in [6.45, 7) is 6.45. The number of ether oxygens (including phenoxy) is 5. The van der Waals surface area contributed by atoms with Crippen LogP contribution < -0.4 is 24.4 Å². The highest BCUT2D eigenvalue weighted by Gasteiger charge is 2.21. The Morgan fingerprint density at radius 3 is 2.36 bits per heavy atom. The van der Waals surface area contributed by atoms with E-state index in [0.717, 1.165) is 11.4 Å². The van der Waals surface area contributed by atoms with E-state index in [2.05, 4.69) is 15.2 Å². The van der Waals surface area contributed by atoms with Gasteiger partial charge in [0.25, 0.3) is 0 Å². The molecule has 0 spiro atoms. The predicted octanol–water partition coefficient (Wildman–Crippen LogP) is 3.69. The van der Waals surface area contributed by atoms with E-state index < -0.39 is 5.97 Å². The SMILES string of the molecule is CCOC(=O)c1sc(Nc2nc(-c3cc(OC)c(OC)c(OC)c3)cc(N3CCOCC3)n2)nc1C. The van der Waals surface area contributed by atoms with Crippen molar-refractivity contribution in [2.24, 2.45) is 0 Å². The van der Waals surface area contributed by atoms with Crippen LogP contribution in [0.15, 0.2) is 18.2 Å². The topological polar surface area (TPSA) is 117 Å². The fraction of sp³-hybridized carbons (Fsp3) is 0.417. The Morgan fingerprint density at radius 1 is 1.06 bits per heavy atom. The fourth-order valence-corrected chi connectivity index (χ4v) is 4.61. The standard InChI is InChI=1S/C24H29N5O6S/c1-6-35-22(30)21-14(2)25-24(36-21)28-23-26-16(13-19(27-23)29-7-9-34-10-8-29)15-11-17(31-3)20(33-5)18(12-15)32-4/h11-13H,6-10H2,1-5H3,(H,25,26,27,28). The molecule has 4 rings (SSSR count). The Bertz CT molecular complexity index is 1200. The first kappa shape index (κ1) is 25.5. The summed E-state index contributed by atoms with van der Waals surface area (Å²) in [4.78, 5) is 28.7. The van der Waals surface area contributed by atoms with E-state index in [1.807, 2.05) is 18.2 Å². The molecule has 0 saturated carbocycles. The molecule has 2 aromatic heterocycles. The van der Waals surface area contributed by atoms with Gasteiger partial charge < -0.3 is 28.6 Å². The van der Waals surface area contributed by atoms with Crippen LogP contribution in [0.5, 0.6) is 17.2 Å². The summed E-state index contributed by atoms with van der Waals surface area (Å²) in [5.74, 6) is 2.20. The van der Waals surface area contributed by atoms with E-state index >= 15 is 0 Å². The van der Waals surface area contributed by atoms with Gasteiger partial charge in [-0.1, -0.05) is 11.3 Å². The molecule has 12 heteroatoms. The van der Waals surface area contributed by atoms with Gasteiger partial charge >= 0.3 is 5.97 Å². The van der Waals surface area contributed by atoms with Crippen molar-refractivity contribution in [1.29, 1.82) is 0 Å². The monoisotopic (exact) mass is 515 g/mol. The second-order valence-corrected chi connectivity index (χ2v) is 8.73. The summed E-state index contributed by atoms with van der Waals surface area (Å²) >= 11 is 1.20. The number of methoxy groups -OCH3 is 3. The summed E-state index contributed by atoms with van der Waals surface area (Å²) in [6, 6.07) is 5.58. The lowest BCUT2D eigenvalue weighted by molar-refractivity contribution is 0.0531. The van der Waals surface area contributed by atoms with Crippen LogP contribution in [-0.2, 0) is 9.47 Å². The van der Waals surface area contributed by atoms with Crippen LogP contribution in [-0.4, -0.2) is 75.2 Å². The number of esters is 1. The van der Waals surface area contributed by atoms with E-state index in [1.165, 1.54) is 11.3 Å². The third kappa shape index (κ3) is 5.44. The molecule has 3 aromatic rings. The maximum atomic E-state index is 12.2. The lowest BCUT2D eigenvalue weighted by Crippen LogP contribution is -2.36. The number of benzene rings is 1. The van der Waals surface area contributed by atoms with Crippen molar-refractivity contribution >= 4 is 34.2 Å². The first-order chi connectivity index (χ1) is 17.5. The maximum Gasteiger partial charge on any atom is 0.350 e. The van der Waals surface area contributed by atoms with Gasteiger partial charge in [0.15, 0.2) is 16.6 Å². The van der Waals surface area contributed by atoms with Gasteiger partial charge in [0.1, 0.15) is 10.7 Å². The number of aryl methyl sites for hydroxylation is 1. The molecule has 36 heavy (non-hydrogen) atoms. The van der Waals surface area contributed by atoms with Crippen molar-refractivity contribution in [3.05, 3.63) is 28.8 Å². The number of anilines is 3. The molecule has 1 aromatic carbocycles. The number of hydrogen-bond donors (Lipinski definition) is 1. The quantitative estimate of drug-likeness (QED) is 0.420. The van der Waals surface area contributed by atoms with Crippen molar-refractivity contribution in [3.8, 4) is 28.5 Å². The second kappa shape index (κ2) is 11.4. The summed E-state index contributed by atoms with van der Waals surface area (Å²) in [6.07, 6.45) is 0. The molecule has 0 unspecified atom stereocenters. The van der Waals surface area contributed by atoms with Gasteiger partial charge in [0.2, 0.25) is 11.7 Å². The van der Waals surface area contributed by atoms with Crippen LogP contribution >= 0.6 is 11.3 Å².